The predicted molar refractivity (Wildman–Crippen MR) is 83.5 cm³/mol. The maximum Gasteiger partial charge on any atom is 0.153 e. The van der Waals surface area contributed by atoms with E-state index in [-0.39, 0.29) is 12.1 Å². The van der Waals surface area contributed by atoms with Crippen LogP contribution in [0.25, 0.3) is 17.0 Å². The second kappa shape index (κ2) is 6.79. The number of nitrogens with two attached hydrogens (primary N) is 1. The van der Waals surface area contributed by atoms with Crippen molar-refractivity contribution in [3.05, 3.63) is 53.4 Å². The van der Waals surface area contributed by atoms with Gasteiger partial charge in [0.2, 0.25) is 0 Å². The van der Waals surface area contributed by atoms with Crippen molar-refractivity contribution in [2.75, 3.05) is 0 Å². The number of nitrogens with zero attached hydrogens (tertiary/aromatic N) is 3. The van der Waals surface area contributed by atoms with Crippen LogP contribution in [0.2, 0.25) is 0 Å². The lowest BCUT2D eigenvalue weighted by Gasteiger charge is -2.05. The number of allylic oxidation sites excluding steroid dienone is 2. The van der Waals surface area contributed by atoms with E-state index in [0.717, 1.165) is 16.5 Å². The number of nitrogens with one attached hydrogen (secondary N) is 1. The second-order valence-corrected chi connectivity index (χ2v) is 4.69. The van der Waals surface area contributed by atoms with E-state index in [1.807, 2.05) is 48.7 Å². The Morgan fingerprint density at radius 2 is 2.00 bits per heavy atom. The number of rotatable bonds is 4. The number of fused-ring (bicyclic) bond motifs is 1. The van der Waals surface area contributed by atoms with Crippen molar-refractivity contribution in [1.82, 2.24) is 4.98 Å². The highest BCUT2D eigenvalue weighted by molar-refractivity contribution is 5.82. The lowest BCUT2D eigenvalue weighted by Crippen LogP contribution is -2.04. The van der Waals surface area contributed by atoms with Crippen molar-refractivity contribution < 1.29 is 0 Å². The van der Waals surface area contributed by atoms with Gasteiger partial charge < -0.3 is 10.7 Å². The summed E-state index contributed by atoms with van der Waals surface area (Å²) in [5, 5.41) is 27.6. The summed E-state index contributed by atoms with van der Waals surface area (Å²) in [4.78, 5) is 3.11. The Balaban J connectivity index is 2.40. The van der Waals surface area contributed by atoms with Crippen LogP contribution in [0, 0.1) is 39.9 Å². The Kier molecular flexibility index (Phi) is 4.60. The molecule has 1 aromatic heterocycles. The number of nitriles is 3. The van der Waals surface area contributed by atoms with E-state index in [4.69, 9.17) is 21.5 Å². The van der Waals surface area contributed by atoms with Gasteiger partial charge in [-0.25, -0.2) is 0 Å². The van der Waals surface area contributed by atoms with Crippen LogP contribution in [0.15, 0.2) is 47.8 Å². The molecule has 0 bridgehead atoms. The topological polar surface area (TPSA) is 113 Å². The first-order valence-corrected chi connectivity index (χ1v) is 6.59. The Morgan fingerprint density at radius 3 is 2.68 bits per heavy atom. The van der Waals surface area contributed by atoms with Crippen LogP contribution < -0.4 is 5.73 Å². The normalized spacial score (nSPS) is 11.9. The lowest BCUT2D eigenvalue weighted by atomic mass is 10.0. The highest BCUT2D eigenvalue weighted by Crippen LogP contribution is 2.20. The molecule has 0 aliphatic carbocycles. The molecule has 0 amide bonds. The highest BCUT2D eigenvalue weighted by atomic mass is 14.7. The number of hydrogen-bond donors (Lipinski definition) is 2. The van der Waals surface area contributed by atoms with E-state index in [2.05, 4.69) is 4.98 Å². The van der Waals surface area contributed by atoms with E-state index in [9.17, 15) is 0 Å². The summed E-state index contributed by atoms with van der Waals surface area (Å²) in [6.45, 7) is 0. The summed E-state index contributed by atoms with van der Waals surface area (Å²) in [5.74, 6) is -0.922. The third kappa shape index (κ3) is 3.33. The van der Waals surface area contributed by atoms with Gasteiger partial charge in [0, 0.05) is 17.4 Å². The second-order valence-electron chi connectivity index (χ2n) is 4.69. The molecule has 0 saturated carbocycles. The molecule has 0 spiro atoms. The quantitative estimate of drug-likeness (QED) is 0.841. The standard InChI is InChI=1S/C17H13N5/c18-5-3-14(16(21)9-13(10-19)11-20)7-12-1-2-17-15(8-12)4-6-22-17/h1-2,4,6-9,13,22H,3,21H2/b14-7+,16-9-. The predicted octanol–water partition coefficient (Wildman–Crippen LogP) is 2.97. The molecule has 1 aromatic carbocycles. The number of aromatic amines is 1. The smallest absolute Gasteiger partial charge is 0.153 e. The first kappa shape index (κ1) is 14.9. The molecule has 1 heterocycles. The Hall–Kier alpha value is -3.49. The highest BCUT2D eigenvalue weighted by Gasteiger charge is 2.07. The molecule has 5 heteroatoms. The number of H-pyrrole nitrogens is 1. The van der Waals surface area contributed by atoms with E-state index >= 15 is 0 Å². The van der Waals surface area contributed by atoms with Crippen LogP contribution in [-0.2, 0) is 0 Å². The van der Waals surface area contributed by atoms with Gasteiger partial charge in [0.25, 0.3) is 0 Å². The molecule has 2 aromatic rings. The van der Waals surface area contributed by atoms with Gasteiger partial charge in [0.1, 0.15) is 0 Å². The van der Waals surface area contributed by atoms with Crippen LogP contribution in [0.1, 0.15) is 12.0 Å². The Morgan fingerprint density at radius 1 is 1.23 bits per heavy atom. The minimum atomic E-state index is -0.922. The average molecular weight is 287 g/mol. The summed E-state index contributed by atoms with van der Waals surface area (Å²) in [5.41, 5.74) is 8.73. The van der Waals surface area contributed by atoms with Gasteiger partial charge >= 0.3 is 0 Å². The van der Waals surface area contributed by atoms with Crippen molar-refractivity contribution in [2.24, 2.45) is 11.7 Å². The minimum Gasteiger partial charge on any atom is -0.399 e. The summed E-state index contributed by atoms with van der Waals surface area (Å²) in [7, 11) is 0. The molecule has 0 fully saturated rings. The fraction of sp³-hybridized carbons (Fsp3) is 0.118. The van der Waals surface area contributed by atoms with Crippen molar-refractivity contribution in [3.8, 4) is 18.2 Å². The summed E-state index contributed by atoms with van der Waals surface area (Å²) < 4.78 is 0. The molecule has 0 saturated heterocycles. The molecule has 5 nitrogen and oxygen atoms in total. The van der Waals surface area contributed by atoms with E-state index in [0.29, 0.717) is 5.57 Å². The van der Waals surface area contributed by atoms with Crippen LogP contribution in [-0.4, -0.2) is 4.98 Å². The SMILES string of the molecule is N#CCC(=C\c1ccc2[nH]ccc2c1)/C(N)=C/C(C#N)C#N. The van der Waals surface area contributed by atoms with Crippen LogP contribution >= 0.6 is 0 Å². The first-order chi connectivity index (χ1) is 10.7. The Labute approximate surface area is 128 Å². The van der Waals surface area contributed by atoms with Crippen LogP contribution in [0.3, 0.4) is 0 Å². The summed E-state index contributed by atoms with van der Waals surface area (Å²) in [6.07, 6.45) is 5.13. The monoisotopic (exact) mass is 287 g/mol. The molecule has 0 aliphatic rings. The number of aromatic nitrogens is 1. The molecule has 0 unspecified atom stereocenters. The van der Waals surface area contributed by atoms with Gasteiger partial charge in [-0.05, 0) is 46.9 Å². The summed E-state index contributed by atoms with van der Waals surface area (Å²) in [6, 6.07) is 13.5. The van der Waals surface area contributed by atoms with Crippen molar-refractivity contribution in [1.29, 1.82) is 15.8 Å². The summed E-state index contributed by atoms with van der Waals surface area (Å²) >= 11 is 0. The van der Waals surface area contributed by atoms with E-state index in [1.165, 1.54) is 6.08 Å². The first-order valence-electron chi connectivity index (χ1n) is 6.59. The molecule has 3 N–H and O–H groups in total. The lowest BCUT2D eigenvalue weighted by molar-refractivity contribution is 1.05. The van der Waals surface area contributed by atoms with Crippen molar-refractivity contribution in [3.63, 3.8) is 0 Å². The van der Waals surface area contributed by atoms with E-state index < -0.39 is 5.92 Å². The third-order valence-electron chi connectivity index (χ3n) is 3.18. The maximum atomic E-state index is 8.94. The number of benzene rings is 1. The zero-order chi connectivity index (χ0) is 15.9. The largest absolute Gasteiger partial charge is 0.399 e. The fourth-order valence-electron chi connectivity index (χ4n) is 2.07. The molecule has 0 aliphatic heterocycles. The average Bonchev–Trinajstić information content (AvgIpc) is 2.99. The van der Waals surface area contributed by atoms with Crippen LogP contribution in [0.5, 0.6) is 0 Å². The molecular formula is C17H13N5. The molecule has 2 rings (SSSR count). The number of hydrogen-bond acceptors (Lipinski definition) is 4. The Bertz CT molecular complexity index is 851. The van der Waals surface area contributed by atoms with Gasteiger partial charge in [-0.3, -0.25) is 0 Å². The van der Waals surface area contributed by atoms with Gasteiger partial charge in [0.15, 0.2) is 5.92 Å². The van der Waals surface area contributed by atoms with Crippen molar-refractivity contribution >= 4 is 17.0 Å². The zero-order valence-electron chi connectivity index (χ0n) is 11.7. The molecule has 106 valence electrons. The van der Waals surface area contributed by atoms with Crippen molar-refractivity contribution in [2.45, 2.75) is 6.42 Å². The third-order valence-corrected chi connectivity index (χ3v) is 3.18. The van der Waals surface area contributed by atoms with Gasteiger partial charge in [-0.15, -0.1) is 0 Å². The molecule has 0 radical (unpaired) electrons. The molecular weight excluding hydrogens is 274 g/mol. The van der Waals surface area contributed by atoms with Gasteiger partial charge in [0.05, 0.1) is 24.6 Å². The minimum absolute atomic E-state index is 0.108. The fourth-order valence-corrected chi connectivity index (χ4v) is 2.07. The zero-order valence-corrected chi connectivity index (χ0v) is 11.7. The van der Waals surface area contributed by atoms with E-state index in [1.54, 1.807) is 6.08 Å². The molecule has 0 atom stereocenters. The van der Waals surface area contributed by atoms with Crippen LogP contribution in [0.4, 0.5) is 0 Å². The maximum absolute atomic E-state index is 8.94. The van der Waals surface area contributed by atoms with Gasteiger partial charge in [-0.2, -0.15) is 15.8 Å². The van der Waals surface area contributed by atoms with Gasteiger partial charge in [-0.1, -0.05) is 6.07 Å². The molecule has 22 heavy (non-hydrogen) atoms.